The van der Waals surface area contributed by atoms with Crippen LogP contribution in [0.3, 0.4) is 0 Å². The van der Waals surface area contributed by atoms with E-state index < -0.39 is 0 Å². The van der Waals surface area contributed by atoms with Crippen molar-refractivity contribution in [3.8, 4) is 0 Å². The summed E-state index contributed by atoms with van der Waals surface area (Å²) in [5, 5.41) is 2.57. The lowest BCUT2D eigenvalue weighted by atomic mass is 10.2. The quantitative estimate of drug-likeness (QED) is 0.838. The molecule has 0 saturated heterocycles. The first-order chi connectivity index (χ1) is 9.13. The number of halogens is 2. The van der Waals surface area contributed by atoms with Crippen molar-refractivity contribution >= 4 is 17.7 Å². The highest BCUT2D eigenvalue weighted by Gasteiger charge is 1.98. The highest BCUT2D eigenvalue weighted by molar-refractivity contribution is 6.01. The first-order valence-corrected chi connectivity index (χ1v) is 5.64. The fraction of sp³-hybridized carbons (Fsp3) is 0. The molecule has 1 amide bonds. The third kappa shape index (κ3) is 4.03. The van der Waals surface area contributed by atoms with E-state index in [1.165, 1.54) is 48.6 Å². The molecule has 2 aromatic rings. The number of carbonyl (C=O) groups is 1. The summed E-state index contributed by atoms with van der Waals surface area (Å²) in [6.45, 7) is 0. The lowest BCUT2D eigenvalue weighted by molar-refractivity contribution is -0.111. The Morgan fingerprint density at radius 3 is 2.42 bits per heavy atom. The Kier molecular flexibility index (Phi) is 4.03. The van der Waals surface area contributed by atoms with Crippen LogP contribution in [-0.2, 0) is 4.79 Å². The van der Waals surface area contributed by atoms with Gasteiger partial charge in [0, 0.05) is 11.8 Å². The van der Waals surface area contributed by atoms with Gasteiger partial charge in [-0.15, -0.1) is 0 Å². The minimum Gasteiger partial charge on any atom is -0.323 e. The lowest BCUT2D eigenvalue weighted by Crippen LogP contribution is -2.07. The van der Waals surface area contributed by atoms with Crippen molar-refractivity contribution in [2.75, 3.05) is 5.32 Å². The van der Waals surface area contributed by atoms with Gasteiger partial charge in [-0.1, -0.05) is 12.1 Å². The molecular formula is C15H11F2NO. The maximum Gasteiger partial charge on any atom is 0.248 e. The van der Waals surface area contributed by atoms with Crippen molar-refractivity contribution in [3.63, 3.8) is 0 Å². The summed E-state index contributed by atoms with van der Waals surface area (Å²) in [5.41, 5.74) is 1.09. The van der Waals surface area contributed by atoms with Crippen LogP contribution < -0.4 is 5.32 Å². The molecule has 0 saturated carbocycles. The predicted octanol–water partition coefficient (Wildman–Crippen LogP) is 3.62. The number of benzene rings is 2. The van der Waals surface area contributed by atoms with Gasteiger partial charge >= 0.3 is 0 Å². The third-order valence-corrected chi connectivity index (χ3v) is 2.39. The van der Waals surface area contributed by atoms with E-state index in [0.717, 1.165) is 0 Å². The first-order valence-electron chi connectivity index (χ1n) is 5.64. The molecular weight excluding hydrogens is 248 g/mol. The molecule has 2 rings (SSSR count). The van der Waals surface area contributed by atoms with E-state index in [0.29, 0.717) is 11.3 Å². The average Bonchev–Trinajstić information content (AvgIpc) is 2.39. The summed E-state index contributed by atoms with van der Waals surface area (Å²) in [6.07, 6.45) is 2.79. The molecule has 96 valence electrons. The fourth-order valence-corrected chi connectivity index (χ4v) is 1.50. The molecule has 19 heavy (non-hydrogen) atoms. The molecule has 0 heterocycles. The zero-order valence-electron chi connectivity index (χ0n) is 9.94. The Bertz CT molecular complexity index is 606. The van der Waals surface area contributed by atoms with Crippen LogP contribution in [0.5, 0.6) is 0 Å². The van der Waals surface area contributed by atoms with Crippen LogP contribution in [0.15, 0.2) is 54.6 Å². The summed E-state index contributed by atoms with van der Waals surface area (Å²) >= 11 is 0. The van der Waals surface area contributed by atoms with Gasteiger partial charge in [-0.3, -0.25) is 4.79 Å². The van der Waals surface area contributed by atoms with E-state index in [-0.39, 0.29) is 17.5 Å². The maximum absolute atomic E-state index is 12.9. The van der Waals surface area contributed by atoms with Crippen LogP contribution in [0.1, 0.15) is 5.56 Å². The lowest BCUT2D eigenvalue weighted by Gasteiger charge is -2.01. The van der Waals surface area contributed by atoms with E-state index >= 15 is 0 Å². The van der Waals surface area contributed by atoms with Gasteiger partial charge in [0.2, 0.25) is 5.91 Å². The number of hydrogen-bond acceptors (Lipinski definition) is 1. The SMILES string of the molecule is O=C(C=Cc1cccc(F)c1)Nc1ccc(F)cc1. The topological polar surface area (TPSA) is 29.1 Å². The second-order valence-electron chi connectivity index (χ2n) is 3.88. The number of carbonyl (C=O) groups excluding carboxylic acids is 1. The first kappa shape index (κ1) is 13.0. The van der Waals surface area contributed by atoms with Crippen molar-refractivity contribution in [2.24, 2.45) is 0 Å². The van der Waals surface area contributed by atoms with Gasteiger partial charge in [-0.2, -0.15) is 0 Å². The van der Waals surface area contributed by atoms with Crippen LogP contribution in [0.4, 0.5) is 14.5 Å². The molecule has 0 spiro atoms. The Hall–Kier alpha value is -2.49. The second kappa shape index (κ2) is 5.91. The standard InChI is InChI=1S/C15H11F2NO/c16-12-5-7-14(8-6-12)18-15(19)9-4-11-2-1-3-13(17)10-11/h1-10H,(H,18,19). The number of amides is 1. The minimum atomic E-state index is -0.367. The molecule has 0 aliphatic heterocycles. The van der Waals surface area contributed by atoms with Crippen molar-refractivity contribution in [1.82, 2.24) is 0 Å². The van der Waals surface area contributed by atoms with E-state index in [4.69, 9.17) is 0 Å². The van der Waals surface area contributed by atoms with Crippen molar-refractivity contribution in [3.05, 3.63) is 71.8 Å². The Balaban J connectivity index is 1.99. The molecule has 0 unspecified atom stereocenters. The van der Waals surface area contributed by atoms with Gasteiger partial charge in [-0.25, -0.2) is 8.78 Å². The molecule has 0 aliphatic carbocycles. The number of hydrogen-bond donors (Lipinski definition) is 1. The minimum absolute atomic E-state index is 0.360. The highest BCUT2D eigenvalue weighted by atomic mass is 19.1. The van der Waals surface area contributed by atoms with Gasteiger partial charge in [0.1, 0.15) is 11.6 Å². The summed E-state index contributed by atoms with van der Waals surface area (Å²) in [4.78, 5) is 11.6. The van der Waals surface area contributed by atoms with Gasteiger partial charge in [0.25, 0.3) is 0 Å². The Morgan fingerprint density at radius 2 is 1.74 bits per heavy atom. The van der Waals surface area contributed by atoms with Crippen LogP contribution in [0.2, 0.25) is 0 Å². The molecule has 0 radical (unpaired) electrons. The molecule has 1 N–H and O–H groups in total. The van der Waals surface area contributed by atoms with E-state index in [1.54, 1.807) is 12.1 Å². The van der Waals surface area contributed by atoms with Crippen LogP contribution in [0, 0.1) is 11.6 Å². The molecule has 0 bridgehead atoms. The van der Waals surface area contributed by atoms with E-state index in [1.807, 2.05) is 0 Å². The van der Waals surface area contributed by atoms with Crippen molar-refractivity contribution in [2.45, 2.75) is 0 Å². The van der Waals surface area contributed by atoms with Crippen molar-refractivity contribution in [1.29, 1.82) is 0 Å². The Labute approximate surface area is 109 Å². The molecule has 0 atom stereocenters. The molecule has 4 heteroatoms. The number of anilines is 1. The van der Waals surface area contributed by atoms with Gasteiger partial charge in [-0.05, 0) is 48.0 Å². The summed E-state index contributed by atoms with van der Waals surface area (Å²) in [6, 6.07) is 11.3. The number of rotatable bonds is 3. The van der Waals surface area contributed by atoms with Gasteiger partial charge < -0.3 is 5.32 Å². The molecule has 2 aromatic carbocycles. The summed E-state index contributed by atoms with van der Waals surface area (Å²) in [5.74, 6) is -1.09. The fourth-order valence-electron chi connectivity index (χ4n) is 1.50. The molecule has 0 aliphatic rings. The molecule has 0 fully saturated rings. The van der Waals surface area contributed by atoms with Crippen molar-refractivity contribution < 1.29 is 13.6 Å². The maximum atomic E-state index is 12.9. The van der Waals surface area contributed by atoms with E-state index in [2.05, 4.69) is 5.32 Å². The van der Waals surface area contributed by atoms with Crippen LogP contribution >= 0.6 is 0 Å². The highest BCUT2D eigenvalue weighted by Crippen LogP contribution is 2.09. The summed E-state index contributed by atoms with van der Waals surface area (Å²) in [7, 11) is 0. The summed E-state index contributed by atoms with van der Waals surface area (Å²) < 4.78 is 25.6. The van der Waals surface area contributed by atoms with Gasteiger partial charge in [0.15, 0.2) is 0 Å². The monoisotopic (exact) mass is 259 g/mol. The molecule has 2 nitrogen and oxygen atoms in total. The van der Waals surface area contributed by atoms with E-state index in [9.17, 15) is 13.6 Å². The zero-order chi connectivity index (χ0) is 13.7. The predicted molar refractivity (Wildman–Crippen MR) is 70.5 cm³/mol. The van der Waals surface area contributed by atoms with Gasteiger partial charge in [0.05, 0.1) is 0 Å². The molecule has 0 aromatic heterocycles. The Morgan fingerprint density at radius 1 is 1.00 bits per heavy atom. The normalized spacial score (nSPS) is 10.6. The van der Waals surface area contributed by atoms with Crippen LogP contribution in [-0.4, -0.2) is 5.91 Å². The zero-order valence-corrected chi connectivity index (χ0v) is 9.94. The number of nitrogens with one attached hydrogen (secondary N) is 1. The average molecular weight is 259 g/mol. The third-order valence-electron chi connectivity index (χ3n) is 2.39. The second-order valence-corrected chi connectivity index (χ2v) is 3.88. The van der Waals surface area contributed by atoms with Crippen LogP contribution in [0.25, 0.3) is 6.08 Å². The smallest absolute Gasteiger partial charge is 0.248 e. The largest absolute Gasteiger partial charge is 0.323 e.